The molecule has 0 rings (SSSR count). The number of hydrogen-bond donors (Lipinski definition) is 1. The van der Waals surface area contributed by atoms with Gasteiger partial charge >= 0.3 is 0 Å². The van der Waals surface area contributed by atoms with Crippen LogP contribution in [0.15, 0.2) is 17.3 Å². The Kier molecular flexibility index (Phi) is 4.63. The molecule has 0 aliphatic carbocycles. The van der Waals surface area contributed by atoms with Crippen LogP contribution in [0.5, 0.6) is 0 Å². The van der Waals surface area contributed by atoms with Crippen molar-refractivity contribution >= 4 is 5.71 Å². The van der Waals surface area contributed by atoms with Crippen LogP contribution in [0.1, 0.15) is 27.2 Å². The van der Waals surface area contributed by atoms with E-state index in [2.05, 4.69) is 31.9 Å². The van der Waals surface area contributed by atoms with Crippen molar-refractivity contribution in [2.45, 2.75) is 27.2 Å². The van der Waals surface area contributed by atoms with E-state index in [1.54, 1.807) is 0 Å². The molecule has 2 N–H and O–H groups in total. The molecule has 0 aromatic carbocycles. The van der Waals surface area contributed by atoms with Crippen molar-refractivity contribution in [1.82, 2.24) is 0 Å². The van der Waals surface area contributed by atoms with E-state index in [9.17, 15) is 0 Å². The van der Waals surface area contributed by atoms with E-state index >= 15 is 0 Å². The molecule has 2 nitrogen and oxygen atoms in total. The summed E-state index contributed by atoms with van der Waals surface area (Å²) in [4.78, 5) is 0. The minimum absolute atomic E-state index is 0.424. The molecule has 0 unspecified atom stereocenters. The summed E-state index contributed by atoms with van der Waals surface area (Å²) in [5.41, 5.74) is 0.960. The fourth-order valence-electron chi connectivity index (χ4n) is 0.623. The second-order valence-corrected chi connectivity index (χ2v) is 2.52. The van der Waals surface area contributed by atoms with Crippen molar-refractivity contribution in [1.29, 1.82) is 0 Å². The Hall–Kier alpha value is -0.790. The summed E-state index contributed by atoms with van der Waals surface area (Å²) in [5.74, 6) is 5.58. The Bertz CT molecular complexity index is 134. The summed E-state index contributed by atoms with van der Waals surface area (Å²) < 4.78 is 0. The van der Waals surface area contributed by atoms with Gasteiger partial charge in [0.2, 0.25) is 0 Å². The highest BCUT2D eigenvalue weighted by Gasteiger charge is 1.97. The lowest BCUT2D eigenvalue weighted by molar-refractivity contribution is 0.879. The van der Waals surface area contributed by atoms with Gasteiger partial charge in [-0.15, -0.1) is 0 Å². The number of nitrogens with zero attached hydrogens (tertiary/aromatic N) is 1. The van der Waals surface area contributed by atoms with Gasteiger partial charge in [-0.1, -0.05) is 26.8 Å². The summed E-state index contributed by atoms with van der Waals surface area (Å²) in [5, 5.41) is 3.65. The molecule has 0 atom stereocenters. The highest BCUT2D eigenvalue weighted by Crippen LogP contribution is 1.97. The summed E-state index contributed by atoms with van der Waals surface area (Å²) in [7, 11) is 0. The average Bonchev–Trinajstić information content (AvgIpc) is 1.89. The minimum Gasteiger partial charge on any atom is -0.323 e. The van der Waals surface area contributed by atoms with Crippen molar-refractivity contribution in [3.05, 3.63) is 12.2 Å². The number of hydrogen-bond acceptors (Lipinski definition) is 2. The monoisotopic (exact) mass is 140 g/mol. The Morgan fingerprint density at radius 1 is 1.60 bits per heavy atom. The van der Waals surface area contributed by atoms with Crippen LogP contribution in [0, 0.1) is 5.92 Å². The van der Waals surface area contributed by atoms with Gasteiger partial charge in [-0.2, -0.15) is 5.10 Å². The second-order valence-electron chi connectivity index (χ2n) is 2.52. The molecular weight excluding hydrogens is 124 g/mol. The summed E-state index contributed by atoms with van der Waals surface area (Å²) in [6.07, 6.45) is 5.07. The van der Waals surface area contributed by atoms with Gasteiger partial charge in [0.15, 0.2) is 0 Å². The maximum absolute atomic E-state index is 5.15. The van der Waals surface area contributed by atoms with Crippen LogP contribution in [-0.4, -0.2) is 5.71 Å². The van der Waals surface area contributed by atoms with Crippen LogP contribution in [0.4, 0.5) is 0 Å². The number of nitrogens with two attached hydrogens (primary N) is 1. The van der Waals surface area contributed by atoms with Crippen molar-refractivity contribution in [2.75, 3.05) is 0 Å². The van der Waals surface area contributed by atoms with Crippen LogP contribution < -0.4 is 5.84 Å². The molecule has 2 heteroatoms. The molecular formula is C8H16N2. The van der Waals surface area contributed by atoms with Crippen molar-refractivity contribution in [2.24, 2.45) is 16.9 Å². The third-order valence-electron chi connectivity index (χ3n) is 1.26. The molecule has 10 heavy (non-hydrogen) atoms. The summed E-state index contributed by atoms with van der Waals surface area (Å²) >= 11 is 0. The van der Waals surface area contributed by atoms with Gasteiger partial charge in [0, 0.05) is 0 Å². The molecule has 0 amide bonds. The number of rotatable bonds is 3. The molecule has 0 saturated carbocycles. The first kappa shape index (κ1) is 9.21. The number of allylic oxidation sites excluding steroid dienone is 2. The molecule has 0 bridgehead atoms. The molecule has 0 aromatic heterocycles. The third-order valence-corrected chi connectivity index (χ3v) is 1.26. The van der Waals surface area contributed by atoms with E-state index in [0.717, 1.165) is 12.1 Å². The van der Waals surface area contributed by atoms with Gasteiger partial charge in [-0.3, -0.25) is 0 Å². The van der Waals surface area contributed by atoms with Crippen molar-refractivity contribution in [3.8, 4) is 0 Å². The quantitative estimate of drug-likeness (QED) is 0.363. The van der Waals surface area contributed by atoms with Gasteiger partial charge in [-0.25, -0.2) is 0 Å². The van der Waals surface area contributed by atoms with Gasteiger partial charge < -0.3 is 5.84 Å². The van der Waals surface area contributed by atoms with Gasteiger partial charge in [0.05, 0.1) is 5.71 Å². The first-order valence-corrected chi connectivity index (χ1v) is 3.66. The highest BCUT2D eigenvalue weighted by atomic mass is 15.1. The molecule has 0 saturated heterocycles. The van der Waals surface area contributed by atoms with Crippen LogP contribution in [-0.2, 0) is 0 Å². The van der Waals surface area contributed by atoms with Gasteiger partial charge in [0.1, 0.15) is 0 Å². The summed E-state index contributed by atoms with van der Waals surface area (Å²) in [6.45, 7) is 6.24. The third kappa shape index (κ3) is 3.28. The van der Waals surface area contributed by atoms with Crippen LogP contribution in [0.3, 0.4) is 0 Å². The SMILES string of the molecule is CC/C=C\C(=N/N)C(C)C. The minimum atomic E-state index is 0.424. The second kappa shape index (κ2) is 5.03. The standard InChI is InChI=1S/C8H16N2/c1-4-5-6-8(10-9)7(2)3/h5-7H,4,9H2,1-3H3/b6-5-,10-8+. The normalized spacial score (nSPS) is 13.4. The van der Waals surface area contributed by atoms with E-state index in [4.69, 9.17) is 5.84 Å². The van der Waals surface area contributed by atoms with E-state index < -0.39 is 0 Å². The Morgan fingerprint density at radius 2 is 2.20 bits per heavy atom. The van der Waals surface area contributed by atoms with Crippen LogP contribution in [0.25, 0.3) is 0 Å². The Morgan fingerprint density at radius 3 is 2.50 bits per heavy atom. The van der Waals surface area contributed by atoms with E-state index in [1.807, 2.05) is 6.08 Å². The molecule has 0 fully saturated rings. The predicted octanol–water partition coefficient (Wildman–Crippen LogP) is 1.92. The highest BCUT2D eigenvalue weighted by molar-refractivity contribution is 5.96. The molecule has 0 aliphatic rings. The first-order chi connectivity index (χ1) is 4.72. The zero-order valence-corrected chi connectivity index (χ0v) is 6.96. The zero-order valence-electron chi connectivity index (χ0n) is 6.96. The average molecular weight is 140 g/mol. The summed E-state index contributed by atoms with van der Waals surface area (Å²) in [6, 6.07) is 0. The van der Waals surface area contributed by atoms with Gasteiger partial charge in [0.25, 0.3) is 0 Å². The predicted molar refractivity (Wildman–Crippen MR) is 45.9 cm³/mol. The first-order valence-electron chi connectivity index (χ1n) is 3.66. The molecule has 0 heterocycles. The smallest absolute Gasteiger partial charge is 0.0622 e. The Labute approximate surface area is 62.8 Å². The van der Waals surface area contributed by atoms with E-state index in [0.29, 0.717) is 5.92 Å². The lowest BCUT2D eigenvalue weighted by Crippen LogP contribution is -2.06. The van der Waals surface area contributed by atoms with Crippen LogP contribution >= 0.6 is 0 Å². The molecule has 0 spiro atoms. The maximum atomic E-state index is 5.15. The zero-order chi connectivity index (χ0) is 7.98. The Balaban J connectivity index is 3.98. The molecule has 0 radical (unpaired) electrons. The fraction of sp³-hybridized carbons (Fsp3) is 0.625. The topological polar surface area (TPSA) is 38.4 Å². The van der Waals surface area contributed by atoms with Gasteiger partial charge in [-0.05, 0) is 18.4 Å². The van der Waals surface area contributed by atoms with E-state index in [-0.39, 0.29) is 0 Å². The fourth-order valence-corrected chi connectivity index (χ4v) is 0.623. The lowest BCUT2D eigenvalue weighted by atomic mass is 10.1. The number of hydrazone groups is 1. The van der Waals surface area contributed by atoms with Crippen molar-refractivity contribution < 1.29 is 0 Å². The molecule has 58 valence electrons. The van der Waals surface area contributed by atoms with E-state index in [1.165, 1.54) is 0 Å². The van der Waals surface area contributed by atoms with Crippen molar-refractivity contribution in [3.63, 3.8) is 0 Å². The largest absolute Gasteiger partial charge is 0.323 e. The maximum Gasteiger partial charge on any atom is 0.0622 e. The van der Waals surface area contributed by atoms with Crippen LogP contribution in [0.2, 0.25) is 0 Å². The lowest BCUT2D eigenvalue weighted by Gasteiger charge is -2.01. The molecule has 0 aliphatic heterocycles. The molecule has 0 aromatic rings.